The zero-order chi connectivity index (χ0) is 25.9. The largest absolute Gasteiger partial charge is 0.384 e. The SMILES string of the molecule is COC[C@H]1CCCN(C(=O)c2ccc(Cn3c(=O)[nH]c4cnc(-c5ccccc5C(C)C)nc43)cc2)C1. The predicted molar refractivity (Wildman–Crippen MR) is 144 cm³/mol. The van der Waals surface area contributed by atoms with Gasteiger partial charge in [0.2, 0.25) is 0 Å². The number of benzene rings is 2. The first kappa shape index (κ1) is 24.9. The van der Waals surface area contributed by atoms with Crippen molar-refractivity contribution in [1.82, 2.24) is 24.4 Å². The van der Waals surface area contributed by atoms with Gasteiger partial charge in [0.15, 0.2) is 11.5 Å². The predicted octanol–water partition coefficient (Wildman–Crippen LogP) is 4.46. The number of H-pyrrole nitrogens is 1. The summed E-state index contributed by atoms with van der Waals surface area (Å²) in [4.78, 5) is 40.0. The second kappa shape index (κ2) is 10.7. The summed E-state index contributed by atoms with van der Waals surface area (Å²) in [6.07, 6.45) is 3.75. The highest BCUT2D eigenvalue weighted by Gasteiger charge is 2.24. The number of likely N-dealkylation sites (tertiary alicyclic amines) is 1. The fourth-order valence-electron chi connectivity index (χ4n) is 5.17. The van der Waals surface area contributed by atoms with Crippen LogP contribution >= 0.6 is 0 Å². The normalized spacial score (nSPS) is 16.0. The number of carbonyl (C=O) groups is 1. The van der Waals surface area contributed by atoms with E-state index in [1.54, 1.807) is 17.9 Å². The van der Waals surface area contributed by atoms with Gasteiger partial charge in [-0.1, -0.05) is 50.2 Å². The van der Waals surface area contributed by atoms with Gasteiger partial charge in [0.05, 0.1) is 19.3 Å². The molecule has 2 aromatic heterocycles. The third-order valence-corrected chi connectivity index (χ3v) is 7.08. The van der Waals surface area contributed by atoms with Crippen molar-refractivity contribution in [3.05, 3.63) is 81.9 Å². The maximum Gasteiger partial charge on any atom is 0.328 e. The number of methoxy groups -OCH3 is 1. The molecule has 3 heterocycles. The van der Waals surface area contributed by atoms with Crippen molar-refractivity contribution in [3.63, 3.8) is 0 Å². The summed E-state index contributed by atoms with van der Waals surface area (Å²) in [6, 6.07) is 15.6. The molecule has 0 unspecified atom stereocenters. The van der Waals surface area contributed by atoms with Gasteiger partial charge in [-0.25, -0.2) is 14.8 Å². The molecule has 2 aromatic carbocycles. The van der Waals surface area contributed by atoms with Crippen LogP contribution in [0.5, 0.6) is 0 Å². The van der Waals surface area contributed by atoms with Crippen LogP contribution in [0.4, 0.5) is 0 Å². The number of nitrogens with one attached hydrogen (secondary N) is 1. The molecule has 1 atom stereocenters. The van der Waals surface area contributed by atoms with Crippen LogP contribution in [0, 0.1) is 5.92 Å². The molecule has 37 heavy (non-hydrogen) atoms. The summed E-state index contributed by atoms with van der Waals surface area (Å²) < 4.78 is 6.91. The Bertz CT molecular complexity index is 1450. The lowest BCUT2D eigenvalue weighted by Gasteiger charge is -2.32. The molecule has 1 N–H and O–H groups in total. The summed E-state index contributed by atoms with van der Waals surface area (Å²) >= 11 is 0. The third-order valence-electron chi connectivity index (χ3n) is 7.08. The lowest BCUT2D eigenvalue weighted by molar-refractivity contribution is 0.0571. The van der Waals surface area contributed by atoms with E-state index in [1.807, 2.05) is 47.4 Å². The first-order valence-electron chi connectivity index (χ1n) is 12.9. The summed E-state index contributed by atoms with van der Waals surface area (Å²) in [5, 5.41) is 0. The number of rotatable bonds is 7. The topological polar surface area (TPSA) is 93.1 Å². The molecule has 1 fully saturated rings. The van der Waals surface area contributed by atoms with E-state index in [0.717, 1.165) is 42.6 Å². The smallest absolute Gasteiger partial charge is 0.328 e. The number of nitrogens with zero attached hydrogens (tertiary/aromatic N) is 4. The fraction of sp³-hybridized carbons (Fsp3) is 0.379. The minimum atomic E-state index is -0.240. The van der Waals surface area contributed by atoms with Crippen LogP contribution in [0.3, 0.4) is 0 Å². The van der Waals surface area contributed by atoms with Crippen molar-refractivity contribution >= 4 is 17.1 Å². The second-order valence-electron chi connectivity index (χ2n) is 10.1. The maximum absolute atomic E-state index is 13.1. The average molecular weight is 500 g/mol. The van der Waals surface area contributed by atoms with Crippen molar-refractivity contribution in [3.8, 4) is 11.4 Å². The Morgan fingerprint density at radius 3 is 2.70 bits per heavy atom. The Morgan fingerprint density at radius 1 is 1.16 bits per heavy atom. The summed E-state index contributed by atoms with van der Waals surface area (Å²) in [5.74, 6) is 1.34. The Labute approximate surface area is 216 Å². The zero-order valence-electron chi connectivity index (χ0n) is 21.6. The quantitative estimate of drug-likeness (QED) is 0.405. The molecule has 5 rings (SSSR count). The average Bonchev–Trinajstić information content (AvgIpc) is 3.23. The van der Waals surface area contributed by atoms with E-state index in [1.165, 1.54) is 0 Å². The van der Waals surface area contributed by atoms with Gasteiger partial charge in [-0.15, -0.1) is 0 Å². The number of aromatic nitrogens is 4. The Morgan fingerprint density at radius 2 is 1.95 bits per heavy atom. The maximum atomic E-state index is 13.1. The molecule has 1 saturated heterocycles. The van der Waals surface area contributed by atoms with Crippen LogP contribution in [-0.4, -0.2) is 57.1 Å². The minimum absolute atomic E-state index is 0.0396. The molecule has 4 aromatic rings. The van der Waals surface area contributed by atoms with E-state index in [-0.39, 0.29) is 11.6 Å². The van der Waals surface area contributed by atoms with Gasteiger partial charge in [-0.05, 0) is 47.9 Å². The van der Waals surface area contributed by atoms with Gasteiger partial charge in [0.1, 0.15) is 5.52 Å². The number of hydrogen-bond acceptors (Lipinski definition) is 5. The Balaban J connectivity index is 1.38. The Kier molecular flexibility index (Phi) is 7.19. The number of imidazole rings is 1. The summed E-state index contributed by atoms with van der Waals surface area (Å²) in [5.41, 5.74) is 4.61. The molecule has 192 valence electrons. The van der Waals surface area contributed by atoms with E-state index in [4.69, 9.17) is 9.72 Å². The lowest BCUT2D eigenvalue weighted by atomic mass is 9.97. The van der Waals surface area contributed by atoms with Crippen molar-refractivity contribution < 1.29 is 9.53 Å². The van der Waals surface area contributed by atoms with Gasteiger partial charge >= 0.3 is 5.69 Å². The highest BCUT2D eigenvalue weighted by Crippen LogP contribution is 2.27. The van der Waals surface area contributed by atoms with Crippen molar-refractivity contribution in [2.24, 2.45) is 5.92 Å². The van der Waals surface area contributed by atoms with E-state index in [0.29, 0.717) is 47.5 Å². The van der Waals surface area contributed by atoms with Crippen LogP contribution < -0.4 is 5.69 Å². The van der Waals surface area contributed by atoms with Crippen molar-refractivity contribution in [1.29, 1.82) is 0 Å². The number of aromatic amines is 1. The molecule has 0 saturated carbocycles. The monoisotopic (exact) mass is 499 g/mol. The molecule has 1 aliphatic rings. The van der Waals surface area contributed by atoms with Crippen LogP contribution in [-0.2, 0) is 11.3 Å². The molecule has 0 radical (unpaired) electrons. The van der Waals surface area contributed by atoms with Gasteiger partial charge < -0.3 is 14.6 Å². The number of carbonyl (C=O) groups excluding carboxylic acids is 1. The van der Waals surface area contributed by atoms with E-state index in [9.17, 15) is 9.59 Å². The number of piperidine rings is 1. The van der Waals surface area contributed by atoms with Crippen LogP contribution in [0.25, 0.3) is 22.6 Å². The molecule has 0 spiro atoms. The van der Waals surface area contributed by atoms with Gasteiger partial charge in [-0.2, -0.15) is 0 Å². The standard InChI is InChI=1S/C29H33N5O3/c1-19(2)23-8-4-5-9-24(23)26-30-15-25-27(32-26)34(29(36)31-25)17-20-10-12-22(13-11-20)28(35)33-14-6-7-21(16-33)18-37-3/h4-5,8-13,15,19,21H,6-7,14,16-18H2,1-3H3,(H,31,36)/t21-/m0/s1. The summed E-state index contributed by atoms with van der Waals surface area (Å²) in [7, 11) is 1.70. The fourth-order valence-corrected chi connectivity index (χ4v) is 5.17. The second-order valence-corrected chi connectivity index (χ2v) is 10.1. The number of ether oxygens (including phenoxy) is 1. The van der Waals surface area contributed by atoms with Crippen molar-refractivity contribution in [2.75, 3.05) is 26.8 Å². The van der Waals surface area contributed by atoms with E-state index >= 15 is 0 Å². The van der Waals surface area contributed by atoms with Crippen LogP contribution in [0.2, 0.25) is 0 Å². The molecule has 8 nitrogen and oxygen atoms in total. The number of fused-ring (bicyclic) bond motifs is 1. The molecular weight excluding hydrogens is 466 g/mol. The minimum Gasteiger partial charge on any atom is -0.384 e. The molecular formula is C29H33N5O3. The zero-order valence-corrected chi connectivity index (χ0v) is 21.6. The van der Waals surface area contributed by atoms with Gasteiger partial charge in [-0.3, -0.25) is 9.36 Å². The van der Waals surface area contributed by atoms with Crippen LogP contribution in [0.15, 0.2) is 59.5 Å². The van der Waals surface area contributed by atoms with Crippen LogP contribution in [0.1, 0.15) is 54.1 Å². The molecule has 0 bridgehead atoms. The highest BCUT2D eigenvalue weighted by molar-refractivity contribution is 5.94. The van der Waals surface area contributed by atoms with Gasteiger partial charge in [0, 0.05) is 31.3 Å². The third kappa shape index (κ3) is 5.20. The summed E-state index contributed by atoms with van der Waals surface area (Å²) in [6.45, 7) is 6.79. The Hall–Kier alpha value is -3.78. The highest BCUT2D eigenvalue weighted by atomic mass is 16.5. The molecule has 1 amide bonds. The van der Waals surface area contributed by atoms with Crippen molar-refractivity contribution in [2.45, 2.75) is 39.2 Å². The van der Waals surface area contributed by atoms with E-state index < -0.39 is 0 Å². The first-order chi connectivity index (χ1) is 17.9. The number of hydrogen-bond donors (Lipinski definition) is 1. The molecule has 0 aliphatic carbocycles. The molecule has 8 heteroatoms. The first-order valence-corrected chi connectivity index (χ1v) is 12.9. The van der Waals surface area contributed by atoms with Gasteiger partial charge in [0.25, 0.3) is 5.91 Å². The number of amides is 1. The van der Waals surface area contributed by atoms with E-state index in [2.05, 4.69) is 29.9 Å². The molecule has 1 aliphatic heterocycles. The lowest BCUT2D eigenvalue weighted by Crippen LogP contribution is -2.41.